The van der Waals surface area contributed by atoms with E-state index < -0.39 is 29.9 Å². The number of hydrogen-bond donors (Lipinski definition) is 2. The van der Waals surface area contributed by atoms with Crippen molar-refractivity contribution in [1.29, 1.82) is 0 Å². The summed E-state index contributed by atoms with van der Waals surface area (Å²) in [5, 5.41) is 6.38. The number of furan rings is 1. The summed E-state index contributed by atoms with van der Waals surface area (Å²) in [6, 6.07) is 17.3. The van der Waals surface area contributed by atoms with Crippen LogP contribution in [0.1, 0.15) is 24.3 Å². The summed E-state index contributed by atoms with van der Waals surface area (Å²) < 4.78 is 5.75. The Bertz CT molecular complexity index is 1030. The minimum absolute atomic E-state index is 0.333. The molecular formula is C22H21N3O4. The lowest BCUT2D eigenvalue weighted by atomic mass is 10.1. The Morgan fingerprint density at radius 2 is 1.86 bits per heavy atom. The van der Waals surface area contributed by atoms with Gasteiger partial charge in [-0.25, -0.2) is 4.79 Å². The van der Waals surface area contributed by atoms with Gasteiger partial charge in [-0.1, -0.05) is 48.5 Å². The monoisotopic (exact) mass is 391 g/mol. The van der Waals surface area contributed by atoms with E-state index in [-0.39, 0.29) is 6.54 Å². The third kappa shape index (κ3) is 3.99. The van der Waals surface area contributed by atoms with Crippen molar-refractivity contribution in [3.05, 3.63) is 72.0 Å². The molecule has 1 fully saturated rings. The molecular weight excluding hydrogens is 370 g/mol. The topological polar surface area (TPSA) is 91.7 Å². The highest BCUT2D eigenvalue weighted by atomic mass is 16.3. The van der Waals surface area contributed by atoms with Crippen molar-refractivity contribution in [1.82, 2.24) is 15.5 Å². The number of carbonyl (C=O) groups is 3. The molecule has 0 aliphatic carbocycles. The normalized spacial score (nSPS) is 17.4. The molecule has 1 aliphatic rings. The molecule has 7 heteroatoms. The summed E-state index contributed by atoms with van der Waals surface area (Å²) in [6.07, 6.45) is 0.388. The molecule has 0 radical (unpaired) electrons. The molecule has 4 amide bonds. The molecule has 1 saturated heterocycles. The fourth-order valence-corrected chi connectivity index (χ4v) is 3.43. The van der Waals surface area contributed by atoms with Crippen molar-refractivity contribution in [3.63, 3.8) is 0 Å². The van der Waals surface area contributed by atoms with Gasteiger partial charge < -0.3 is 15.1 Å². The van der Waals surface area contributed by atoms with Crippen molar-refractivity contribution in [2.24, 2.45) is 0 Å². The Kier molecular flexibility index (Phi) is 5.03. The number of amides is 4. The summed E-state index contributed by atoms with van der Waals surface area (Å²) in [4.78, 5) is 38.1. The van der Waals surface area contributed by atoms with Crippen LogP contribution in [0.2, 0.25) is 0 Å². The number of urea groups is 1. The van der Waals surface area contributed by atoms with Crippen LogP contribution in [-0.2, 0) is 16.0 Å². The SMILES string of the molecule is C[C@H](NC(=O)CN1C(=O)N[C@H](Cc2ccccc2)C1=O)c1cc2ccccc2o1. The third-order valence-electron chi connectivity index (χ3n) is 4.94. The number of fused-ring (bicyclic) bond motifs is 1. The zero-order valence-corrected chi connectivity index (χ0v) is 15.9. The highest BCUT2D eigenvalue weighted by Gasteiger charge is 2.39. The largest absolute Gasteiger partial charge is 0.459 e. The van der Waals surface area contributed by atoms with Crippen LogP contribution in [0.25, 0.3) is 11.0 Å². The van der Waals surface area contributed by atoms with Crippen molar-refractivity contribution in [3.8, 4) is 0 Å². The van der Waals surface area contributed by atoms with Gasteiger partial charge in [0, 0.05) is 11.8 Å². The fraction of sp³-hybridized carbons (Fsp3) is 0.227. The Morgan fingerprint density at radius 1 is 1.14 bits per heavy atom. The summed E-state index contributed by atoms with van der Waals surface area (Å²) in [6.45, 7) is 1.46. The lowest BCUT2D eigenvalue weighted by molar-refractivity contribution is -0.132. The molecule has 0 saturated carbocycles. The van der Waals surface area contributed by atoms with E-state index in [9.17, 15) is 14.4 Å². The van der Waals surface area contributed by atoms with Gasteiger partial charge >= 0.3 is 6.03 Å². The molecule has 1 aliphatic heterocycles. The molecule has 2 N–H and O–H groups in total. The zero-order valence-electron chi connectivity index (χ0n) is 15.9. The quantitative estimate of drug-likeness (QED) is 0.632. The first-order valence-corrected chi connectivity index (χ1v) is 9.45. The molecule has 2 aromatic carbocycles. The van der Waals surface area contributed by atoms with Gasteiger partial charge in [0.25, 0.3) is 5.91 Å². The maximum absolute atomic E-state index is 12.6. The second-order valence-corrected chi connectivity index (χ2v) is 7.09. The Hall–Kier alpha value is -3.61. The first-order chi connectivity index (χ1) is 14.0. The van der Waals surface area contributed by atoms with Crippen LogP contribution in [0.15, 0.2) is 65.1 Å². The number of carbonyl (C=O) groups excluding carboxylic acids is 3. The maximum Gasteiger partial charge on any atom is 0.325 e. The number of nitrogens with zero attached hydrogens (tertiary/aromatic N) is 1. The molecule has 2 atom stereocenters. The van der Waals surface area contributed by atoms with Crippen LogP contribution in [0, 0.1) is 0 Å². The van der Waals surface area contributed by atoms with Crippen molar-refractivity contribution in [2.45, 2.75) is 25.4 Å². The lowest BCUT2D eigenvalue weighted by Crippen LogP contribution is -2.41. The minimum Gasteiger partial charge on any atom is -0.459 e. The number of benzene rings is 2. The maximum atomic E-state index is 12.6. The third-order valence-corrected chi connectivity index (χ3v) is 4.94. The molecule has 1 aromatic heterocycles. The first-order valence-electron chi connectivity index (χ1n) is 9.45. The number of rotatable bonds is 6. The molecule has 4 rings (SSSR count). The van der Waals surface area contributed by atoms with Crippen LogP contribution in [-0.4, -0.2) is 35.3 Å². The summed E-state index contributed by atoms with van der Waals surface area (Å²) in [5.41, 5.74) is 1.68. The van der Waals surface area contributed by atoms with Gasteiger partial charge in [-0.05, 0) is 24.6 Å². The van der Waals surface area contributed by atoms with Crippen molar-refractivity contribution in [2.75, 3.05) is 6.54 Å². The minimum atomic E-state index is -0.662. The molecule has 3 aromatic rings. The predicted octanol–water partition coefficient (Wildman–Crippen LogP) is 2.77. The number of hydrogen-bond acceptors (Lipinski definition) is 4. The van der Waals surface area contributed by atoms with E-state index in [1.54, 1.807) is 6.92 Å². The molecule has 148 valence electrons. The average Bonchev–Trinajstić information content (AvgIpc) is 3.26. The van der Waals surface area contributed by atoms with E-state index in [4.69, 9.17) is 4.42 Å². The predicted molar refractivity (Wildman–Crippen MR) is 107 cm³/mol. The summed E-state index contributed by atoms with van der Waals surface area (Å²) in [7, 11) is 0. The molecule has 0 spiro atoms. The van der Waals surface area contributed by atoms with Gasteiger partial charge in [0.05, 0.1) is 6.04 Å². The van der Waals surface area contributed by atoms with Gasteiger partial charge in [-0.3, -0.25) is 14.5 Å². The van der Waals surface area contributed by atoms with Crippen molar-refractivity contribution >= 4 is 28.8 Å². The van der Waals surface area contributed by atoms with E-state index in [1.165, 1.54) is 0 Å². The smallest absolute Gasteiger partial charge is 0.325 e. The molecule has 2 heterocycles. The second kappa shape index (κ2) is 7.79. The molecule has 0 unspecified atom stereocenters. The van der Waals surface area contributed by atoms with Crippen LogP contribution in [0.5, 0.6) is 0 Å². The van der Waals surface area contributed by atoms with Crippen LogP contribution in [0.3, 0.4) is 0 Å². The number of imide groups is 1. The van der Waals surface area contributed by atoms with Gasteiger partial charge in [-0.2, -0.15) is 0 Å². The lowest BCUT2D eigenvalue weighted by Gasteiger charge is -2.15. The molecule has 0 bridgehead atoms. The standard InChI is InChI=1S/C22H21N3O4/c1-14(19-12-16-9-5-6-10-18(16)29-19)23-20(26)13-25-21(27)17(24-22(25)28)11-15-7-3-2-4-8-15/h2-10,12,14,17H,11,13H2,1H3,(H,23,26)(H,24,28)/t14-,17+/m0/s1. The van der Waals surface area contributed by atoms with E-state index in [0.29, 0.717) is 12.2 Å². The number of nitrogens with one attached hydrogen (secondary N) is 2. The number of para-hydroxylation sites is 1. The molecule has 7 nitrogen and oxygen atoms in total. The van der Waals surface area contributed by atoms with E-state index >= 15 is 0 Å². The summed E-state index contributed by atoms with van der Waals surface area (Å²) >= 11 is 0. The Morgan fingerprint density at radius 3 is 2.62 bits per heavy atom. The van der Waals surface area contributed by atoms with Gasteiger partial charge in [0.15, 0.2) is 0 Å². The highest BCUT2D eigenvalue weighted by molar-refractivity contribution is 6.06. The van der Waals surface area contributed by atoms with Crippen LogP contribution < -0.4 is 10.6 Å². The summed E-state index contributed by atoms with van der Waals surface area (Å²) in [5.74, 6) is -0.217. The average molecular weight is 391 g/mol. The fourth-order valence-electron chi connectivity index (χ4n) is 3.43. The van der Waals surface area contributed by atoms with E-state index in [2.05, 4.69) is 10.6 Å². The van der Waals surface area contributed by atoms with E-state index in [0.717, 1.165) is 21.4 Å². The second-order valence-electron chi connectivity index (χ2n) is 7.09. The van der Waals surface area contributed by atoms with Crippen LogP contribution >= 0.6 is 0 Å². The van der Waals surface area contributed by atoms with Gasteiger partial charge in [0.2, 0.25) is 5.91 Å². The Balaban J connectivity index is 1.37. The molecule has 29 heavy (non-hydrogen) atoms. The van der Waals surface area contributed by atoms with Crippen molar-refractivity contribution < 1.29 is 18.8 Å². The van der Waals surface area contributed by atoms with Gasteiger partial charge in [0.1, 0.15) is 23.9 Å². The highest BCUT2D eigenvalue weighted by Crippen LogP contribution is 2.23. The Labute approximate surface area is 167 Å². The van der Waals surface area contributed by atoms with E-state index in [1.807, 2.05) is 60.7 Å². The zero-order chi connectivity index (χ0) is 20.4. The van der Waals surface area contributed by atoms with Gasteiger partial charge in [-0.15, -0.1) is 0 Å². The van der Waals surface area contributed by atoms with Crippen LogP contribution in [0.4, 0.5) is 4.79 Å². The first kappa shape index (κ1) is 18.7.